The van der Waals surface area contributed by atoms with Crippen LogP contribution in [0.1, 0.15) is 30.0 Å². The average Bonchev–Trinajstić information content (AvgIpc) is 3.20. The number of nitrogens with zero attached hydrogens (tertiary/aromatic N) is 2. The normalized spacial score (nSPS) is 13.6. The summed E-state index contributed by atoms with van der Waals surface area (Å²) in [6, 6.07) is 19.8. The van der Waals surface area contributed by atoms with Crippen molar-refractivity contribution in [2.75, 3.05) is 42.7 Å². The second kappa shape index (κ2) is 12.1. The maximum atomic E-state index is 13.1. The Morgan fingerprint density at radius 1 is 0.974 bits per heavy atom. The van der Waals surface area contributed by atoms with E-state index in [9.17, 15) is 14.4 Å². The Morgan fingerprint density at radius 3 is 2.28 bits per heavy atom. The number of anilines is 3. The molecule has 8 nitrogen and oxygen atoms in total. The van der Waals surface area contributed by atoms with Gasteiger partial charge < -0.3 is 25.5 Å². The third-order valence-electron chi connectivity index (χ3n) is 6.39. The fraction of sp³-hybridized carbons (Fsp3) is 0.233. The third-order valence-corrected chi connectivity index (χ3v) is 6.62. The molecule has 0 saturated carbocycles. The lowest BCUT2D eigenvalue weighted by molar-refractivity contribution is -0.136. The number of benzene rings is 3. The highest BCUT2D eigenvalue weighted by Gasteiger charge is 2.28. The van der Waals surface area contributed by atoms with Crippen LogP contribution in [0.2, 0.25) is 5.02 Å². The van der Waals surface area contributed by atoms with E-state index in [1.165, 1.54) is 0 Å². The summed E-state index contributed by atoms with van der Waals surface area (Å²) in [5.41, 5.74) is 5.23. The Balaban J connectivity index is 1.69. The number of carbonyl (C=O) groups excluding carboxylic acids is 2. The summed E-state index contributed by atoms with van der Waals surface area (Å²) in [4.78, 5) is 40.4. The van der Waals surface area contributed by atoms with Crippen LogP contribution in [0, 0.1) is 0 Å². The highest BCUT2D eigenvalue weighted by molar-refractivity contribution is 6.38. The van der Waals surface area contributed by atoms with Crippen molar-refractivity contribution < 1.29 is 19.5 Å². The predicted octanol–water partition coefficient (Wildman–Crippen LogP) is 5.20. The van der Waals surface area contributed by atoms with Crippen LogP contribution in [0.25, 0.3) is 11.3 Å². The number of fused-ring (bicyclic) bond motifs is 1. The second-order valence-electron chi connectivity index (χ2n) is 9.66. The molecule has 202 valence electrons. The lowest BCUT2D eigenvalue weighted by atomic mass is 9.98. The molecule has 1 aliphatic rings. The van der Waals surface area contributed by atoms with E-state index in [0.717, 1.165) is 29.9 Å². The number of nitrogens with one attached hydrogen (secondary N) is 2. The number of carboxylic acid groups (broad SMARTS) is 1. The molecule has 9 heteroatoms. The van der Waals surface area contributed by atoms with Crippen molar-refractivity contribution in [3.05, 3.63) is 88.4 Å². The Labute approximate surface area is 232 Å². The van der Waals surface area contributed by atoms with E-state index in [1.54, 1.807) is 54.3 Å². The quantitative estimate of drug-likeness (QED) is 0.302. The minimum Gasteiger partial charge on any atom is -0.481 e. The summed E-state index contributed by atoms with van der Waals surface area (Å²) >= 11 is 6.15. The van der Waals surface area contributed by atoms with Gasteiger partial charge >= 0.3 is 5.97 Å². The number of hydrogen-bond acceptors (Lipinski definition) is 5. The van der Waals surface area contributed by atoms with Crippen LogP contribution in [0.3, 0.4) is 0 Å². The van der Waals surface area contributed by atoms with E-state index >= 15 is 0 Å². The molecule has 3 aromatic rings. The lowest BCUT2D eigenvalue weighted by Gasteiger charge is -2.23. The molecule has 0 aromatic heterocycles. The van der Waals surface area contributed by atoms with E-state index in [2.05, 4.69) is 15.5 Å². The van der Waals surface area contributed by atoms with E-state index < -0.39 is 5.97 Å². The molecule has 0 radical (unpaired) electrons. The largest absolute Gasteiger partial charge is 0.481 e. The zero-order chi connectivity index (χ0) is 28.1. The number of carboxylic acids is 1. The minimum atomic E-state index is -0.915. The van der Waals surface area contributed by atoms with Crippen molar-refractivity contribution in [2.24, 2.45) is 0 Å². The van der Waals surface area contributed by atoms with Gasteiger partial charge in [-0.25, -0.2) is 0 Å². The van der Waals surface area contributed by atoms with E-state index in [-0.39, 0.29) is 18.2 Å². The van der Waals surface area contributed by atoms with Crippen molar-refractivity contribution >= 4 is 57.7 Å². The standard InChI is InChI=1S/C30H31ClN4O4/c1-19(36)35(16-4-15-34(2)3)24-12-10-23(11-13-24)32-29(21-7-5-20(6-8-21)17-27(37)38)28-25-14-9-22(31)18-26(25)33-30(28)39/h5-14,18,32H,4,15-17H2,1-3H3,(H,33,39)(H,37,38). The van der Waals surface area contributed by atoms with Crippen molar-refractivity contribution in [2.45, 2.75) is 19.8 Å². The first kappa shape index (κ1) is 27.9. The highest BCUT2D eigenvalue weighted by atomic mass is 35.5. The van der Waals surface area contributed by atoms with Crippen LogP contribution < -0.4 is 15.5 Å². The summed E-state index contributed by atoms with van der Waals surface area (Å²) in [7, 11) is 4.00. The van der Waals surface area contributed by atoms with E-state index in [0.29, 0.717) is 39.7 Å². The first-order valence-corrected chi connectivity index (χ1v) is 13.0. The van der Waals surface area contributed by atoms with Crippen LogP contribution in [0.4, 0.5) is 17.1 Å². The molecule has 1 heterocycles. The second-order valence-corrected chi connectivity index (χ2v) is 10.1. The first-order chi connectivity index (χ1) is 18.6. The number of hydrogen-bond donors (Lipinski definition) is 3. The van der Waals surface area contributed by atoms with Gasteiger partial charge in [0, 0.05) is 35.4 Å². The molecule has 3 aromatic carbocycles. The van der Waals surface area contributed by atoms with Crippen molar-refractivity contribution in [3.8, 4) is 0 Å². The number of aliphatic carboxylic acids is 1. The van der Waals surface area contributed by atoms with Crippen LogP contribution in [0.5, 0.6) is 0 Å². The van der Waals surface area contributed by atoms with Crippen molar-refractivity contribution in [1.82, 2.24) is 4.90 Å². The van der Waals surface area contributed by atoms with Crippen LogP contribution in [-0.2, 0) is 20.8 Å². The molecule has 3 N–H and O–H groups in total. The molecule has 0 bridgehead atoms. The van der Waals surface area contributed by atoms with Gasteiger partial charge in [-0.05, 0) is 74.6 Å². The van der Waals surface area contributed by atoms with Crippen molar-refractivity contribution in [3.63, 3.8) is 0 Å². The van der Waals surface area contributed by atoms with Gasteiger partial charge in [-0.1, -0.05) is 41.9 Å². The summed E-state index contributed by atoms with van der Waals surface area (Å²) in [5.74, 6) is -1.22. The molecule has 4 rings (SSSR count). The smallest absolute Gasteiger partial charge is 0.307 e. The zero-order valence-electron chi connectivity index (χ0n) is 22.1. The molecule has 1 aliphatic heterocycles. The lowest BCUT2D eigenvalue weighted by Crippen LogP contribution is -2.31. The number of carbonyl (C=O) groups is 3. The fourth-order valence-corrected chi connectivity index (χ4v) is 4.69. The van der Waals surface area contributed by atoms with E-state index in [1.807, 2.05) is 38.4 Å². The molecule has 0 aliphatic carbocycles. The topological polar surface area (TPSA) is 102 Å². The molecule has 0 unspecified atom stereocenters. The fourth-order valence-electron chi connectivity index (χ4n) is 4.52. The monoisotopic (exact) mass is 546 g/mol. The van der Waals surface area contributed by atoms with Crippen LogP contribution in [-0.4, -0.2) is 55.0 Å². The van der Waals surface area contributed by atoms with Gasteiger partial charge in [-0.15, -0.1) is 0 Å². The van der Waals surface area contributed by atoms with Crippen LogP contribution >= 0.6 is 11.6 Å². The van der Waals surface area contributed by atoms with Crippen LogP contribution in [0.15, 0.2) is 66.7 Å². The molecule has 0 spiro atoms. The Kier molecular flexibility index (Phi) is 8.69. The van der Waals surface area contributed by atoms with Gasteiger partial charge in [0.05, 0.1) is 23.4 Å². The molecule has 39 heavy (non-hydrogen) atoms. The Morgan fingerprint density at radius 2 is 1.67 bits per heavy atom. The van der Waals surface area contributed by atoms with Gasteiger partial charge in [0.25, 0.3) is 5.91 Å². The maximum absolute atomic E-state index is 13.1. The summed E-state index contributed by atoms with van der Waals surface area (Å²) < 4.78 is 0. The third kappa shape index (κ3) is 6.85. The Hall–Kier alpha value is -4.14. The molecular weight excluding hydrogens is 516 g/mol. The van der Waals surface area contributed by atoms with Gasteiger partial charge in [0.1, 0.15) is 0 Å². The first-order valence-electron chi connectivity index (χ1n) is 12.6. The van der Waals surface area contributed by atoms with E-state index in [4.69, 9.17) is 16.7 Å². The maximum Gasteiger partial charge on any atom is 0.307 e. The summed E-state index contributed by atoms with van der Waals surface area (Å²) in [5, 5.41) is 15.9. The zero-order valence-corrected chi connectivity index (χ0v) is 22.9. The average molecular weight is 547 g/mol. The minimum absolute atomic E-state index is 0.0309. The number of rotatable bonds is 10. The van der Waals surface area contributed by atoms with Gasteiger partial charge in [0.2, 0.25) is 5.91 Å². The van der Waals surface area contributed by atoms with Gasteiger partial charge in [0.15, 0.2) is 0 Å². The molecular formula is C30H31ClN4O4. The Bertz CT molecular complexity index is 1420. The van der Waals surface area contributed by atoms with Gasteiger partial charge in [-0.3, -0.25) is 14.4 Å². The molecule has 0 fully saturated rings. The predicted molar refractivity (Wildman–Crippen MR) is 156 cm³/mol. The number of halogens is 1. The van der Waals surface area contributed by atoms with Crippen molar-refractivity contribution in [1.29, 1.82) is 0 Å². The highest BCUT2D eigenvalue weighted by Crippen LogP contribution is 2.39. The number of amides is 2. The summed E-state index contributed by atoms with van der Waals surface area (Å²) in [6.07, 6.45) is 0.753. The molecule has 2 amide bonds. The van der Waals surface area contributed by atoms with Gasteiger partial charge in [-0.2, -0.15) is 0 Å². The SMILES string of the molecule is CC(=O)N(CCCN(C)C)c1ccc(NC(=C2C(=O)Nc3cc(Cl)ccc32)c2ccc(CC(=O)O)cc2)cc1. The molecule has 0 saturated heterocycles. The summed E-state index contributed by atoms with van der Waals surface area (Å²) in [6.45, 7) is 3.04. The molecule has 0 atom stereocenters.